The molecule has 0 saturated heterocycles. The fourth-order valence-corrected chi connectivity index (χ4v) is 1.99. The zero-order valence-corrected chi connectivity index (χ0v) is 10.8. The van der Waals surface area contributed by atoms with Gasteiger partial charge < -0.3 is 5.73 Å². The van der Waals surface area contributed by atoms with Gasteiger partial charge in [0.25, 0.3) is 0 Å². The van der Waals surface area contributed by atoms with E-state index in [0.29, 0.717) is 10.5 Å². The summed E-state index contributed by atoms with van der Waals surface area (Å²) in [5, 5.41) is 3.24. The van der Waals surface area contributed by atoms with Gasteiger partial charge in [-0.3, -0.25) is 0 Å². The first-order valence-corrected chi connectivity index (χ1v) is 6.66. The van der Waals surface area contributed by atoms with Crippen LogP contribution in [0.25, 0.3) is 11.3 Å². The second kappa shape index (κ2) is 5.15. The SMILES string of the molecule is Nc1nc(-c2ccc(C#CCBr)cc2)cs1. The predicted molar refractivity (Wildman–Crippen MR) is 72.6 cm³/mol. The lowest BCUT2D eigenvalue weighted by Gasteiger charge is -1.96. The Kier molecular flexibility index (Phi) is 3.60. The Morgan fingerprint density at radius 2 is 2.06 bits per heavy atom. The molecular weight excluding hydrogens is 284 g/mol. The van der Waals surface area contributed by atoms with Crippen molar-refractivity contribution in [1.82, 2.24) is 4.98 Å². The molecule has 4 heteroatoms. The van der Waals surface area contributed by atoms with Crippen LogP contribution in [0.3, 0.4) is 0 Å². The second-order valence-corrected chi connectivity index (χ2v) is 4.53. The van der Waals surface area contributed by atoms with Crippen LogP contribution in [0, 0.1) is 11.8 Å². The third kappa shape index (κ3) is 2.63. The van der Waals surface area contributed by atoms with Crippen LogP contribution in [0.4, 0.5) is 5.13 Å². The lowest BCUT2D eigenvalue weighted by atomic mass is 10.1. The molecule has 0 unspecified atom stereocenters. The summed E-state index contributed by atoms with van der Waals surface area (Å²) < 4.78 is 0. The fraction of sp³-hybridized carbons (Fsp3) is 0.0833. The van der Waals surface area contributed by atoms with Gasteiger partial charge in [-0.2, -0.15) is 0 Å². The van der Waals surface area contributed by atoms with E-state index < -0.39 is 0 Å². The van der Waals surface area contributed by atoms with E-state index in [1.807, 2.05) is 29.6 Å². The number of aromatic nitrogens is 1. The summed E-state index contributed by atoms with van der Waals surface area (Å²) in [7, 11) is 0. The Labute approximate surface area is 107 Å². The largest absolute Gasteiger partial charge is 0.375 e. The third-order valence-electron chi connectivity index (χ3n) is 2.00. The van der Waals surface area contributed by atoms with Crippen LogP contribution in [0.5, 0.6) is 0 Å². The molecule has 0 aliphatic heterocycles. The number of alkyl halides is 1. The van der Waals surface area contributed by atoms with Gasteiger partial charge in [-0.05, 0) is 12.1 Å². The van der Waals surface area contributed by atoms with Crippen LogP contribution in [-0.2, 0) is 0 Å². The molecule has 0 amide bonds. The first kappa shape index (κ1) is 11.2. The van der Waals surface area contributed by atoms with Crippen LogP contribution in [0.15, 0.2) is 29.6 Å². The van der Waals surface area contributed by atoms with E-state index in [1.54, 1.807) is 0 Å². The molecule has 1 aromatic heterocycles. The van der Waals surface area contributed by atoms with Gasteiger partial charge in [0.05, 0.1) is 11.0 Å². The Bertz CT molecular complexity index is 534. The molecule has 0 aliphatic carbocycles. The minimum atomic E-state index is 0.596. The number of benzene rings is 1. The highest BCUT2D eigenvalue weighted by Gasteiger charge is 2.01. The Hall–Kier alpha value is -1.31. The van der Waals surface area contributed by atoms with E-state index in [4.69, 9.17) is 5.73 Å². The highest BCUT2D eigenvalue weighted by molar-refractivity contribution is 9.09. The number of nitrogen functional groups attached to an aromatic ring is 1. The molecule has 0 atom stereocenters. The number of hydrogen-bond acceptors (Lipinski definition) is 3. The van der Waals surface area contributed by atoms with Crippen molar-refractivity contribution in [3.05, 3.63) is 35.2 Å². The van der Waals surface area contributed by atoms with Crippen molar-refractivity contribution < 1.29 is 0 Å². The molecule has 2 N–H and O–H groups in total. The molecule has 0 bridgehead atoms. The Morgan fingerprint density at radius 3 is 2.62 bits per heavy atom. The highest BCUT2D eigenvalue weighted by Crippen LogP contribution is 2.22. The summed E-state index contributed by atoms with van der Waals surface area (Å²) in [6, 6.07) is 7.99. The summed E-state index contributed by atoms with van der Waals surface area (Å²) >= 11 is 4.71. The molecular formula is C12H9BrN2S. The zero-order valence-electron chi connectivity index (χ0n) is 8.40. The van der Waals surface area contributed by atoms with Crippen LogP contribution < -0.4 is 5.73 Å². The number of nitrogens with zero attached hydrogens (tertiary/aromatic N) is 1. The first-order valence-electron chi connectivity index (χ1n) is 4.66. The van der Waals surface area contributed by atoms with Crippen molar-refractivity contribution in [2.24, 2.45) is 0 Å². The van der Waals surface area contributed by atoms with Crippen molar-refractivity contribution in [3.8, 4) is 23.1 Å². The van der Waals surface area contributed by atoms with E-state index in [1.165, 1.54) is 11.3 Å². The van der Waals surface area contributed by atoms with Gasteiger partial charge >= 0.3 is 0 Å². The lowest BCUT2D eigenvalue weighted by molar-refractivity contribution is 1.41. The molecule has 16 heavy (non-hydrogen) atoms. The molecule has 1 aromatic carbocycles. The van der Waals surface area contributed by atoms with Crippen LogP contribution in [0.2, 0.25) is 0 Å². The fourth-order valence-electron chi connectivity index (χ4n) is 1.28. The highest BCUT2D eigenvalue weighted by atomic mass is 79.9. The van der Waals surface area contributed by atoms with Gasteiger partial charge in [0.2, 0.25) is 0 Å². The molecule has 0 radical (unpaired) electrons. The van der Waals surface area contributed by atoms with Crippen LogP contribution >= 0.6 is 27.3 Å². The summed E-state index contributed by atoms with van der Waals surface area (Å²) in [5.74, 6) is 6.00. The molecule has 2 nitrogen and oxygen atoms in total. The molecule has 1 heterocycles. The number of hydrogen-bond donors (Lipinski definition) is 1. The van der Waals surface area contributed by atoms with Gasteiger partial charge in [0.15, 0.2) is 5.13 Å². The smallest absolute Gasteiger partial charge is 0.180 e. The van der Waals surface area contributed by atoms with Crippen LogP contribution in [0.1, 0.15) is 5.56 Å². The number of anilines is 1. The Balaban J connectivity index is 2.25. The van der Waals surface area contributed by atoms with E-state index in [0.717, 1.165) is 16.8 Å². The van der Waals surface area contributed by atoms with E-state index in [2.05, 4.69) is 32.8 Å². The number of thiazole rings is 1. The van der Waals surface area contributed by atoms with Crippen molar-refractivity contribution in [1.29, 1.82) is 0 Å². The van der Waals surface area contributed by atoms with Gasteiger partial charge in [-0.25, -0.2) is 4.98 Å². The number of halogens is 1. The monoisotopic (exact) mass is 292 g/mol. The maximum atomic E-state index is 5.59. The standard InChI is InChI=1S/C12H9BrN2S/c13-7-1-2-9-3-5-10(6-4-9)11-8-16-12(14)15-11/h3-6,8H,7H2,(H2,14,15). The van der Waals surface area contributed by atoms with Crippen molar-refractivity contribution >= 4 is 32.4 Å². The molecule has 0 saturated carbocycles. The second-order valence-electron chi connectivity index (χ2n) is 3.08. The average molecular weight is 293 g/mol. The quantitative estimate of drug-likeness (QED) is 0.648. The maximum Gasteiger partial charge on any atom is 0.180 e. The molecule has 2 aromatic rings. The minimum absolute atomic E-state index is 0.596. The molecule has 2 rings (SSSR count). The first-order chi connectivity index (χ1) is 7.79. The third-order valence-corrected chi connectivity index (χ3v) is 2.96. The topological polar surface area (TPSA) is 38.9 Å². The molecule has 80 valence electrons. The minimum Gasteiger partial charge on any atom is -0.375 e. The van der Waals surface area contributed by atoms with Crippen molar-refractivity contribution in [2.45, 2.75) is 0 Å². The van der Waals surface area contributed by atoms with Gasteiger partial charge in [0, 0.05) is 16.5 Å². The predicted octanol–water partition coefficient (Wildman–Crippen LogP) is 3.14. The molecule has 0 aliphatic rings. The van der Waals surface area contributed by atoms with Crippen molar-refractivity contribution in [2.75, 3.05) is 11.1 Å². The Morgan fingerprint density at radius 1 is 1.31 bits per heavy atom. The van der Waals surface area contributed by atoms with Crippen LogP contribution in [-0.4, -0.2) is 10.3 Å². The summed E-state index contributed by atoms with van der Waals surface area (Å²) in [6.45, 7) is 0. The summed E-state index contributed by atoms with van der Waals surface area (Å²) in [5.41, 5.74) is 8.58. The van der Waals surface area contributed by atoms with Crippen molar-refractivity contribution in [3.63, 3.8) is 0 Å². The number of rotatable bonds is 1. The molecule has 0 spiro atoms. The normalized spacial score (nSPS) is 9.56. The lowest BCUT2D eigenvalue weighted by Crippen LogP contribution is -1.83. The van der Waals surface area contributed by atoms with Gasteiger partial charge in [-0.15, -0.1) is 11.3 Å². The molecule has 0 fully saturated rings. The van der Waals surface area contributed by atoms with E-state index in [9.17, 15) is 0 Å². The summed E-state index contributed by atoms with van der Waals surface area (Å²) in [6.07, 6.45) is 0. The van der Waals surface area contributed by atoms with Gasteiger partial charge in [-0.1, -0.05) is 39.9 Å². The maximum absolute atomic E-state index is 5.59. The van der Waals surface area contributed by atoms with E-state index in [-0.39, 0.29) is 0 Å². The van der Waals surface area contributed by atoms with Gasteiger partial charge in [0.1, 0.15) is 0 Å². The number of nitrogens with two attached hydrogens (primary N) is 1. The van der Waals surface area contributed by atoms with E-state index >= 15 is 0 Å². The zero-order chi connectivity index (χ0) is 11.4. The summed E-state index contributed by atoms with van der Waals surface area (Å²) in [4.78, 5) is 4.23. The average Bonchev–Trinajstić information content (AvgIpc) is 2.74.